The van der Waals surface area contributed by atoms with Gasteiger partial charge in [0.1, 0.15) is 5.60 Å². The van der Waals surface area contributed by atoms with E-state index >= 15 is 0 Å². The average Bonchev–Trinajstić information content (AvgIpc) is 3.43. The first-order valence-electron chi connectivity index (χ1n) is 10.7. The molecule has 0 saturated heterocycles. The van der Waals surface area contributed by atoms with Crippen molar-refractivity contribution in [2.24, 2.45) is 5.41 Å². The number of aliphatic hydroxyl groups excluding tert-OH is 1. The van der Waals surface area contributed by atoms with Gasteiger partial charge in [0.05, 0.1) is 18.8 Å². The highest BCUT2D eigenvalue weighted by Crippen LogP contribution is 2.53. The van der Waals surface area contributed by atoms with E-state index in [1.54, 1.807) is 20.8 Å². The SMILES string of the molecule is C=C(CC(O)C(CC1(CCOCc2ccccc2)CC1)NC(=O)OC(C)(C)C)C(=O)O. The Kier molecular flexibility index (Phi) is 8.65. The first kappa shape index (κ1) is 24.9. The minimum absolute atomic E-state index is 0.0398. The molecule has 1 aromatic rings. The molecule has 7 nitrogen and oxygen atoms in total. The Hall–Kier alpha value is -2.38. The number of aliphatic hydroxyl groups is 1. The third kappa shape index (κ3) is 9.11. The quantitative estimate of drug-likeness (QED) is 0.339. The van der Waals surface area contributed by atoms with Crippen molar-refractivity contribution in [2.45, 2.75) is 77.2 Å². The second kappa shape index (κ2) is 10.8. The Morgan fingerprint density at radius 3 is 2.42 bits per heavy atom. The highest BCUT2D eigenvalue weighted by molar-refractivity contribution is 5.85. The topological polar surface area (TPSA) is 105 Å². The minimum Gasteiger partial charge on any atom is -0.478 e. The summed E-state index contributed by atoms with van der Waals surface area (Å²) < 4.78 is 11.1. The number of hydrogen-bond donors (Lipinski definition) is 3. The standard InChI is InChI=1S/C24H35NO6/c1-17(21(27)28)14-20(26)19(25-22(29)31-23(2,3)4)15-24(10-11-24)12-13-30-16-18-8-6-5-7-9-18/h5-9,19-20,26H,1,10-16H2,2-4H3,(H,25,29)(H,27,28). The number of aliphatic carboxylic acids is 1. The number of amides is 1. The molecular weight excluding hydrogens is 398 g/mol. The molecule has 31 heavy (non-hydrogen) atoms. The van der Waals surface area contributed by atoms with Crippen molar-refractivity contribution in [3.63, 3.8) is 0 Å². The van der Waals surface area contributed by atoms with Crippen LogP contribution in [0.4, 0.5) is 4.79 Å². The summed E-state index contributed by atoms with van der Waals surface area (Å²) in [7, 11) is 0. The van der Waals surface area contributed by atoms with Crippen molar-refractivity contribution in [3.05, 3.63) is 48.0 Å². The highest BCUT2D eigenvalue weighted by Gasteiger charge is 2.45. The summed E-state index contributed by atoms with van der Waals surface area (Å²) in [6.07, 6.45) is 1.44. The van der Waals surface area contributed by atoms with Crippen molar-refractivity contribution < 1.29 is 29.3 Å². The smallest absolute Gasteiger partial charge is 0.407 e. The molecule has 0 aromatic heterocycles. The van der Waals surface area contributed by atoms with Crippen molar-refractivity contribution in [1.82, 2.24) is 5.32 Å². The molecule has 1 aliphatic rings. The number of carbonyl (C=O) groups excluding carboxylic acids is 1. The predicted molar refractivity (Wildman–Crippen MR) is 118 cm³/mol. The van der Waals surface area contributed by atoms with Crippen LogP contribution in [0.5, 0.6) is 0 Å². The molecule has 0 spiro atoms. The maximum absolute atomic E-state index is 12.3. The number of carboxylic acid groups (broad SMARTS) is 1. The van der Waals surface area contributed by atoms with Crippen LogP contribution in [0, 0.1) is 5.41 Å². The van der Waals surface area contributed by atoms with Crippen LogP contribution < -0.4 is 5.32 Å². The van der Waals surface area contributed by atoms with Crippen LogP contribution in [-0.2, 0) is 20.9 Å². The van der Waals surface area contributed by atoms with E-state index in [0.717, 1.165) is 24.8 Å². The van der Waals surface area contributed by atoms with E-state index < -0.39 is 29.8 Å². The summed E-state index contributed by atoms with van der Waals surface area (Å²) in [6.45, 7) is 9.89. The molecule has 1 aromatic carbocycles. The zero-order valence-corrected chi connectivity index (χ0v) is 18.7. The van der Waals surface area contributed by atoms with E-state index in [9.17, 15) is 14.7 Å². The molecule has 2 rings (SSSR count). The summed E-state index contributed by atoms with van der Waals surface area (Å²) in [6, 6.07) is 9.30. The number of rotatable bonds is 12. The lowest BCUT2D eigenvalue weighted by molar-refractivity contribution is -0.133. The molecule has 0 radical (unpaired) electrons. The molecule has 1 fully saturated rings. The molecule has 1 saturated carbocycles. The predicted octanol–water partition coefficient (Wildman–Crippen LogP) is 4.05. The Morgan fingerprint density at radius 2 is 1.87 bits per heavy atom. The van der Waals surface area contributed by atoms with E-state index in [2.05, 4.69) is 11.9 Å². The van der Waals surface area contributed by atoms with Crippen LogP contribution in [0.3, 0.4) is 0 Å². The monoisotopic (exact) mass is 433 g/mol. The normalized spacial score (nSPS) is 16.8. The van der Waals surface area contributed by atoms with Crippen molar-refractivity contribution in [2.75, 3.05) is 6.61 Å². The van der Waals surface area contributed by atoms with Gasteiger partial charge in [0, 0.05) is 18.6 Å². The van der Waals surface area contributed by atoms with E-state index in [1.165, 1.54) is 0 Å². The number of benzene rings is 1. The summed E-state index contributed by atoms with van der Waals surface area (Å²) in [5.41, 5.74) is 0.299. The van der Waals surface area contributed by atoms with Crippen molar-refractivity contribution >= 4 is 12.1 Å². The average molecular weight is 434 g/mol. The second-order valence-corrected chi connectivity index (χ2v) is 9.43. The molecular formula is C24H35NO6. The van der Waals surface area contributed by atoms with Crippen LogP contribution in [0.2, 0.25) is 0 Å². The molecule has 0 bridgehead atoms. The van der Waals surface area contributed by atoms with E-state index in [0.29, 0.717) is 19.6 Å². The summed E-state index contributed by atoms with van der Waals surface area (Å²) in [5.74, 6) is -1.16. The van der Waals surface area contributed by atoms with Crippen LogP contribution >= 0.6 is 0 Å². The van der Waals surface area contributed by atoms with Gasteiger partial charge in [0.2, 0.25) is 0 Å². The fourth-order valence-electron chi connectivity index (χ4n) is 3.48. The van der Waals surface area contributed by atoms with Crippen LogP contribution in [0.25, 0.3) is 0 Å². The van der Waals surface area contributed by atoms with Gasteiger partial charge in [0.25, 0.3) is 0 Å². The van der Waals surface area contributed by atoms with Crippen molar-refractivity contribution in [3.8, 4) is 0 Å². The van der Waals surface area contributed by atoms with Gasteiger partial charge in [-0.2, -0.15) is 0 Å². The van der Waals surface area contributed by atoms with Gasteiger partial charge >= 0.3 is 12.1 Å². The van der Waals surface area contributed by atoms with Gasteiger partial charge in [-0.1, -0.05) is 36.9 Å². The maximum Gasteiger partial charge on any atom is 0.407 e. The van der Waals surface area contributed by atoms with Crippen LogP contribution in [0.15, 0.2) is 42.5 Å². The first-order valence-corrected chi connectivity index (χ1v) is 10.7. The Balaban J connectivity index is 1.93. The number of carboxylic acids is 1. The molecule has 2 unspecified atom stereocenters. The molecule has 2 atom stereocenters. The lowest BCUT2D eigenvalue weighted by Gasteiger charge is -2.29. The lowest BCUT2D eigenvalue weighted by Crippen LogP contribution is -2.47. The Bertz CT molecular complexity index is 751. The van der Waals surface area contributed by atoms with E-state index in [-0.39, 0.29) is 17.4 Å². The number of carbonyl (C=O) groups is 2. The largest absolute Gasteiger partial charge is 0.478 e. The molecule has 0 aliphatic heterocycles. The molecule has 7 heteroatoms. The number of nitrogens with one attached hydrogen (secondary N) is 1. The zero-order valence-electron chi connectivity index (χ0n) is 18.7. The van der Waals surface area contributed by atoms with Gasteiger partial charge in [-0.25, -0.2) is 9.59 Å². The molecule has 0 heterocycles. The fraction of sp³-hybridized carbons (Fsp3) is 0.583. The Labute approximate surface area is 184 Å². The third-order valence-corrected chi connectivity index (χ3v) is 5.42. The second-order valence-electron chi connectivity index (χ2n) is 9.43. The van der Waals surface area contributed by atoms with E-state index in [4.69, 9.17) is 14.6 Å². The zero-order chi connectivity index (χ0) is 23.1. The summed E-state index contributed by atoms with van der Waals surface area (Å²) >= 11 is 0. The van der Waals surface area contributed by atoms with Gasteiger partial charge in [-0.15, -0.1) is 0 Å². The molecule has 1 amide bonds. The number of hydrogen-bond acceptors (Lipinski definition) is 5. The molecule has 3 N–H and O–H groups in total. The maximum atomic E-state index is 12.3. The Morgan fingerprint density at radius 1 is 1.23 bits per heavy atom. The molecule has 172 valence electrons. The summed E-state index contributed by atoms with van der Waals surface area (Å²) in [5, 5.41) is 22.5. The van der Waals surface area contributed by atoms with E-state index in [1.807, 2.05) is 30.3 Å². The lowest BCUT2D eigenvalue weighted by atomic mass is 9.89. The van der Waals surface area contributed by atoms with Crippen molar-refractivity contribution in [1.29, 1.82) is 0 Å². The minimum atomic E-state index is -1.16. The first-order chi connectivity index (χ1) is 14.5. The van der Waals surface area contributed by atoms with Gasteiger partial charge in [-0.3, -0.25) is 0 Å². The number of alkyl carbamates (subject to hydrolysis) is 1. The summed E-state index contributed by atoms with van der Waals surface area (Å²) in [4.78, 5) is 23.4. The molecule has 1 aliphatic carbocycles. The van der Waals surface area contributed by atoms with Gasteiger partial charge in [-0.05, 0) is 57.4 Å². The van der Waals surface area contributed by atoms with Crippen LogP contribution in [-0.4, -0.2) is 46.6 Å². The third-order valence-electron chi connectivity index (χ3n) is 5.42. The van der Waals surface area contributed by atoms with Crippen LogP contribution in [0.1, 0.15) is 58.4 Å². The van der Waals surface area contributed by atoms with Gasteiger partial charge in [0.15, 0.2) is 0 Å². The van der Waals surface area contributed by atoms with Gasteiger partial charge < -0.3 is 25.0 Å². The fourth-order valence-corrected chi connectivity index (χ4v) is 3.48. The number of ether oxygens (including phenoxy) is 2. The highest BCUT2D eigenvalue weighted by atomic mass is 16.6.